The molecule has 2 rings (SSSR count). The van der Waals surface area contributed by atoms with E-state index in [-0.39, 0.29) is 98.0 Å². The van der Waals surface area contributed by atoms with Gasteiger partial charge in [-0.25, -0.2) is 19.2 Å². The summed E-state index contributed by atoms with van der Waals surface area (Å²) in [5.74, 6) is -6.95. The van der Waals surface area contributed by atoms with Crippen molar-refractivity contribution >= 4 is 47.9 Å². The molecule has 0 aromatic carbocycles. The van der Waals surface area contributed by atoms with Crippen molar-refractivity contribution < 1.29 is 112 Å². The Morgan fingerprint density at radius 3 is 1.40 bits per heavy atom. The Labute approximate surface area is 475 Å². The predicted molar refractivity (Wildman–Crippen MR) is 285 cm³/mol. The van der Waals surface area contributed by atoms with Crippen molar-refractivity contribution in [2.45, 2.75) is 88.4 Å². The van der Waals surface area contributed by atoms with Gasteiger partial charge in [0.1, 0.15) is 18.3 Å². The van der Waals surface area contributed by atoms with Gasteiger partial charge in [-0.1, -0.05) is 13.8 Å². The summed E-state index contributed by atoms with van der Waals surface area (Å²) in [7, 11) is 2.72. The molecule has 15 N–H and O–H groups in total. The first-order chi connectivity index (χ1) is 39.1. The molecule has 4 amide bonds. The maximum Gasteiger partial charge on any atom is 0.410 e. The summed E-state index contributed by atoms with van der Waals surface area (Å²) < 4.78 is 61.3. The Hall–Kier alpha value is -6.40. The fourth-order valence-corrected chi connectivity index (χ4v) is 7.79. The van der Waals surface area contributed by atoms with Gasteiger partial charge in [-0.2, -0.15) is 0 Å². The Balaban J connectivity index is 1.97. The van der Waals surface area contributed by atoms with Crippen molar-refractivity contribution in [3.63, 3.8) is 0 Å². The number of carbonyl (C=O) groups excluding carboxylic acids is 4. The van der Waals surface area contributed by atoms with Crippen LogP contribution in [0, 0.1) is 16.7 Å². The third-order valence-corrected chi connectivity index (χ3v) is 12.1. The maximum atomic E-state index is 13.4. The van der Waals surface area contributed by atoms with Crippen molar-refractivity contribution in [1.29, 1.82) is 10.8 Å². The highest BCUT2D eigenvalue weighted by Crippen LogP contribution is 2.30. The van der Waals surface area contributed by atoms with E-state index < -0.39 is 127 Å². The number of aliphatic hydroxyl groups excluding tert-OH is 4. The third kappa shape index (κ3) is 27.1. The van der Waals surface area contributed by atoms with E-state index >= 15 is 0 Å². The number of nitrogens with one attached hydrogen (secondary N) is 5. The van der Waals surface area contributed by atoms with Crippen LogP contribution in [0.3, 0.4) is 0 Å². The molecule has 10 atom stereocenters. The van der Waals surface area contributed by atoms with Crippen LogP contribution in [0.15, 0.2) is 23.7 Å². The summed E-state index contributed by atoms with van der Waals surface area (Å²) >= 11 is 0. The second-order valence-electron chi connectivity index (χ2n) is 18.5. The van der Waals surface area contributed by atoms with E-state index in [1.807, 2.05) is 6.92 Å². The number of carboxylic acids is 2. The average Bonchev–Trinajstić information content (AvgIpc) is 3.63. The van der Waals surface area contributed by atoms with Crippen LogP contribution >= 0.6 is 0 Å². The van der Waals surface area contributed by atoms with Gasteiger partial charge in [-0.05, 0) is 18.6 Å². The van der Waals surface area contributed by atoms with Crippen LogP contribution in [-0.4, -0.2) is 294 Å². The zero-order valence-corrected chi connectivity index (χ0v) is 47.1. The second kappa shape index (κ2) is 39.9. The summed E-state index contributed by atoms with van der Waals surface area (Å²) in [5.41, 5.74) is 11.0. The zero-order chi connectivity index (χ0) is 61.1. The molecule has 0 fully saturated rings. The number of guanidine groups is 2. The molecule has 33 heteroatoms. The minimum Gasteiger partial charge on any atom is -0.479 e. The van der Waals surface area contributed by atoms with Gasteiger partial charge >= 0.3 is 24.1 Å². The summed E-state index contributed by atoms with van der Waals surface area (Å²) in [4.78, 5) is 79.6. The maximum absolute atomic E-state index is 13.4. The van der Waals surface area contributed by atoms with E-state index in [9.17, 15) is 59.4 Å². The molecule has 0 unspecified atom stereocenters. The fraction of sp³-hybridized carbons (Fsp3) is 0.755. The number of carbonyl (C=O) groups is 6. The molecule has 2 aliphatic rings. The quantitative estimate of drug-likeness (QED) is 0.0157. The predicted octanol–water partition coefficient (Wildman–Crippen LogP) is -4.11. The molecule has 2 aliphatic heterocycles. The Morgan fingerprint density at radius 2 is 0.976 bits per heavy atom. The van der Waals surface area contributed by atoms with Crippen LogP contribution in [0.1, 0.15) is 33.6 Å². The van der Waals surface area contributed by atoms with E-state index in [0.717, 1.165) is 29.2 Å². The van der Waals surface area contributed by atoms with Gasteiger partial charge in [0, 0.05) is 59.7 Å². The molecule has 0 saturated heterocycles. The highest BCUT2D eigenvalue weighted by Gasteiger charge is 2.47. The normalized spacial score (nSPS) is 20.0. The monoisotopic (exact) mass is 1180 g/mol. The first kappa shape index (κ1) is 71.7. The first-order valence-electron chi connectivity index (χ1n) is 26.5. The van der Waals surface area contributed by atoms with Crippen molar-refractivity contribution in [3.8, 4) is 0 Å². The smallest absolute Gasteiger partial charge is 0.410 e. The molecular weight excluding hydrogens is 1100 g/mol. The largest absolute Gasteiger partial charge is 0.479 e. The topological polar surface area (TPSA) is 471 Å². The van der Waals surface area contributed by atoms with Gasteiger partial charge in [-0.15, -0.1) is 0 Å². The Morgan fingerprint density at radius 1 is 0.598 bits per heavy atom. The number of nitrogens with two attached hydrogens (primary N) is 2. The number of hydrogen-bond acceptors (Lipinski definition) is 23. The second-order valence-corrected chi connectivity index (χ2v) is 18.5. The molecule has 0 saturated carbocycles. The van der Waals surface area contributed by atoms with Gasteiger partial charge in [0.15, 0.2) is 30.2 Å². The van der Waals surface area contributed by atoms with Crippen LogP contribution in [0.25, 0.3) is 0 Å². The molecule has 2 heterocycles. The molecule has 82 heavy (non-hydrogen) atoms. The number of nitrogens with zero attached hydrogens (tertiary/aromatic N) is 3. The minimum atomic E-state index is -1.84. The lowest BCUT2D eigenvalue weighted by Crippen LogP contribution is -2.65. The molecule has 0 radical (unpaired) electrons. The number of carboxylic acid groups (broad SMARTS) is 2. The van der Waals surface area contributed by atoms with Gasteiger partial charge < -0.3 is 125 Å². The Bertz CT molecular complexity index is 2040. The standard InChI is InChI=1S/C49H86N10O23/c1-6-12-72-18-22-77-24-25-78-23-19-73-13-7-38(65)59(10-16-74-14-8-57(4)49(71)82-42(35(64)29-61)43-39(54-31(3)62)33(56-47(52)53)27-37(80-43)45(68)69)11-17-76-21-20-75-15-9-58(5)48(70)81-41(34(63)28-60)40-30(2)32(55-46(50)51)26-36(79-40)44(66)67/h26-27,30,32-35,39-43,60-61,63-64H,6-25,28-29H2,1-5H3,(H,54,62)(H,66,67)(H,68,69)(H4,50,51,55)(H4,52,53,56)/t30-,32+,33+,34-,35-,39-,40-,41-,42-,43-/m1/s1. The van der Waals surface area contributed by atoms with Crippen molar-refractivity contribution in [1.82, 2.24) is 30.7 Å². The molecule has 470 valence electrons. The van der Waals surface area contributed by atoms with Crippen LogP contribution in [0.4, 0.5) is 9.59 Å². The van der Waals surface area contributed by atoms with Gasteiger partial charge in [0.2, 0.25) is 23.3 Å². The van der Waals surface area contributed by atoms with Crippen LogP contribution in [-0.2, 0) is 71.3 Å². The lowest BCUT2D eigenvalue weighted by atomic mass is 9.87. The van der Waals surface area contributed by atoms with E-state index in [1.54, 1.807) is 6.92 Å². The summed E-state index contributed by atoms with van der Waals surface area (Å²) in [6, 6.07) is -3.32. The molecule has 0 spiro atoms. The number of amides is 4. The van der Waals surface area contributed by atoms with Crippen LogP contribution in [0.2, 0.25) is 0 Å². The number of hydrogen-bond donors (Lipinski definition) is 13. The van der Waals surface area contributed by atoms with Crippen LogP contribution in [0.5, 0.6) is 0 Å². The third-order valence-electron chi connectivity index (χ3n) is 12.1. The molecule has 0 bridgehead atoms. The lowest BCUT2D eigenvalue weighted by molar-refractivity contribution is -0.148. The van der Waals surface area contributed by atoms with E-state index in [0.29, 0.717) is 33.0 Å². The van der Waals surface area contributed by atoms with E-state index in [4.69, 9.17) is 74.4 Å². The Kier molecular flexibility index (Phi) is 34.9. The van der Waals surface area contributed by atoms with Gasteiger partial charge in [0.25, 0.3) is 0 Å². The first-order valence-corrected chi connectivity index (χ1v) is 26.5. The average molecular weight is 1180 g/mol. The molecule has 0 aliphatic carbocycles. The molecular formula is C49H86N10O23. The van der Waals surface area contributed by atoms with Crippen molar-refractivity contribution in [3.05, 3.63) is 23.7 Å². The summed E-state index contributed by atoms with van der Waals surface area (Å²) in [5, 5.41) is 83.3. The SMILES string of the molecule is CCCOCCOCCOCCOCCC(=O)N(CCOCCOCCN(C)C(=O)O[C@@H]([C@@H]1OC(C(=O)O)=C[C@H](NC(=N)N)[C@H]1C)[C@H](O)CO)CCOCCN(C)C(=O)O[C@@H]([C@@H]1OC(C(=O)O)=C[C@H](NC(=N)N)[C@H]1NC(C)=O)[C@H](O)CO. The number of rotatable bonds is 42. The van der Waals surface area contributed by atoms with Gasteiger partial charge in [0.05, 0.1) is 124 Å². The molecule has 0 aromatic rings. The van der Waals surface area contributed by atoms with E-state index in [1.165, 1.54) is 25.1 Å². The zero-order valence-electron chi connectivity index (χ0n) is 47.1. The number of aliphatic carboxylic acids is 2. The molecule has 33 nitrogen and oxygen atoms in total. The van der Waals surface area contributed by atoms with Crippen LogP contribution < -0.4 is 27.4 Å². The minimum absolute atomic E-state index is 0.00201. The summed E-state index contributed by atoms with van der Waals surface area (Å²) in [6.07, 6.45) is -8.59. The highest BCUT2D eigenvalue weighted by molar-refractivity contribution is 5.86. The van der Waals surface area contributed by atoms with Crippen molar-refractivity contribution in [2.24, 2.45) is 17.4 Å². The highest BCUT2D eigenvalue weighted by atomic mass is 16.6. The van der Waals surface area contributed by atoms with Crippen molar-refractivity contribution in [2.75, 3.05) is 146 Å². The number of ether oxygens (including phenoxy) is 11. The number of aliphatic hydroxyl groups is 4. The van der Waals surface area contributed by atoms with E-state index in [2.05, 4.69) is 16.0 Å². The van der Waals surface area contributed by atoms with Gasteiger partial charge in [-0.3, -0.25) is 20.4 Å². The summed E-state index contributed by atoms with van der Waals surface area (Å²) in [6.45, 7) is 6.08. The number of likely N-dealkylation sites (N-methyl/N-ethyl adjacent to an activating group) is 2. The fourth-order valence-electron chi connectivity index (χ4n) is 7.79. The molecule has 0 aromatic heterocycles. The lowest BCUT2D eigenvalue weighted by Gasteiger charge is -2.41.